The first kappa shape index (κ1) is 11.2. The van der Waals surface area contributed by atoms with E-state index in [1.54, 1.807) is 6.26 Å². The van der Waals surface area contributed by atoms with Crippen LogP contribution in [0.5, 0.6) is 0 Å². The Morgan fingerprint density at radius 1 is 1.22 bits per heavy atom. The van der Waals surface area contributed by atoms with Crippen LogP contribution in [0.1, 0.15) is 18.1 Å². The van der Waals surface area contributed by atoms with Crippen LogP contribution in [0, 0.1) is 0 Å². The first-order valence-corrected chi connectivity index (χ1v) is 6.00. The Labute approximate surface area is 104 Å². The first-order valence-electron chi connectivity index (χ1n) is 6.00. The van der Waals surface area contributed by atoms with Crippen molar-refractivity contribution in [2.75, 3.05) is 13.1 Å². The summed E-state index contributed by atoms with van der Waals surface area (Å²) in [5, 5.41) is 3.31. The molecule has 92 valence electrons. The van der Waals surface area contributed by atoms with Crippen molar-refractivity contribution in [2.45, 2.75) is 12.3 Å². The predicted molar refractivity (Wildman–Crippen MR) is 65.1 cm³/mol. The Bertz CT molecular complexity index is 552. The molecule has 0 spiro atoms. The molecule has 1 saturated heterocycles. The maximum Gasteiger partial charge on any atom is 0.226 e. The Hall–Kier alpha value is -1.94. The second-order valence-corrected chi connectivity index (χ2v) is 4.52. The highest BCUT2D eigenvalue weighted by Gasteiger charge is 2.29. The van der Waals surface area contributed by atoms with Gasteiger partial charge in [-0.25, -0.2) is 0 Å². The number of carbonyl (C=O) groups is 2. The van der Waals surface area contributed by atoms with E-state index < -0.39 is 11.6 Å². The average Bonchev–Trinajstić information content (AvgIpc) is 2.80. The molecule has 4 nitrogen and oxygen atoms in total. The monoisotopic (exact) mass is 243 g/mol. The molecule has 18 heavy (non-hydrogen) atoms. The molecule has 1 N–H and O–H groups in total. The molecule has 2 heterocycles. The van der Waals surface area contributed by atoms with E-state index in [4.69, 9.17) is 4.42 Å². The van der Waals surface area contributed by atoms with Gasteiger partial charge in [0, 0.05) is 6.54 Å². The van der Waals surface area contributed by atoms with Gasteiger partial charge in [-0.15, -0.1) is 0 Å². The minimum absolute atomic E-state index is 0.00537. The number of rotatable bonds is 1. The highest BCUT2D eigenvalue weighted by molar-refractivity contribution is 6.46. The lowest BCUT2D eigenvalue weighted by Crippen LogP contribution is -2.21. The molecule has 0 amide bonds. The van der Waals surface area contributed by atoms with Crippen LogP contribution in [-0.4, -0.2) is 24.7 Å². The summed E-state index contributed by atoms with van der Waals surface area (Å²) in [7, 11) is 0. The van der Waals surface area contributed by atoms with Crippen LogP contribution in [0.4, 0.5) is 0 Å². The van der Waals surface area contributed by atoms with E-state index in [-0.39, 0.29) is 5.92 Å². The van der Waals surface area contributed by atoms with Gasteiger partial charge in [0.15, 0.2) is 0 Å². The minimum Gasteiger partial charge on any atom is -0.469 e. The molecule has 3 rings (SSSR count). The molecule has 1 aromatic rings. The van der Waals surface area contributed by atoms with Crippen LogP contribution in [0.25, 0.3) is 0 Å². The van der Waals surface area contributed by atoms with Crippen LogP contribution in [0.2, 0.25) is 0 Å². The van der Waals surface area contributed by atoms with E-state index in [0.717, 1.165) is 36.4 Å². The van der Waals surface area contributed by atoms with E-state index in [9.17, 15) is 9.59 Å². The molecule has 0 saturated carbocycles. The summed E-state index contributed by atoms with van der Waals surface area (Å²) in [6.07, 6.45) is 5.33. The first-order chi connectivity index (χ1) is 8.75. The molecule has 0 bridgehead atoms. The zero-order chi connectivity index (χ0) is 12.5. The van der Waals surface area contributed by atoms with Crippen molar-refractivity contribution >= 4 is 11.6 Å². The maximum atomic E-state index is 11.6. The maximum absolute atomic E-state index is 11.6. The van der Waals surface area contributed by atoms with Gasteiger partial charge < -0.3 is 9.73 Å². The SMILES string of the molecule is O=C1C=C2CCNCC(c3ccco3)C2=CC1=O. The van der Waals surface area contributed by atoms with Crippen molar-refractivity contribution < 1.29 is 14.0 Å². The summed E-state index contributed by atoms with van der Waals surface area (Å²) >= 11 is 0. The number of nitrogens with one attached hydrogen (secondary N) is 1. The molecule has 1 aliphatic carbocycles. The third kappa shape index (κ3) is 1.84. The summed E-state index contributed by atoms with van der Waals surface area (Å²) < 4.78 is 5.44. The van der Waals surface area contributed by atoms with Gasteiger partial charge in [0.25, 0.3) is 0 Å². The third-order valence-electron chi connectivity index (χ3n) is 3.39. The summed E-state index contributed by atoms with van der Waals surface area (Å²) in [4.78, 5) is 23.0. The average molecular weight is 243 g/mol. The Morgan fingerprint density at radius 2 is 2.06 bits per heavy atom. The highest BCUT2D eigenvalue weighted by Crippen LogP contribution is 2.34. The lowest BCUT2D eigenvalue weighted by molar-refractivity contribution is -0.131. The van der Waals surface area contributed by atoms with Gasteiger partial charge in [0.05, 0.1) is 12.2 Å². The molecule has 1 fully saturated rings. The minimum atomic E-state index is -0.438. The predicted octanol–water partition coefficient (Wildman–Crippen LogP) is 1.36. The molecule has 1 aromatic heterocycles. The van der Waals surface area contributed by atoms with E-state index in [2.05, 4.69) is 5.32 Å². The second kappa shape index (κ2) is 4.38. The van der Waals surface area contributed by atoms with Crippen LogP contribution < -0.4 is 5.32 Å². The van der Waals surface area contributed by atoms with E-state index in [1.165, 1.54) is 12.2 Å². The van der Waals surface area contributed by atoms with Crippen molar-refractivity contribution in [3.05, 3.63) is 47.5 Å². The second-order valence-electron chi connectivity index (χ2n) is 4.52. The third-order valence-corrected chi connectivity index (χ3v) is 3.39. The lowest BCUT2D eigenvalue weighted by atomic mass is 9.85. The summed E-state index contributed by atoms with van der Waals surface area (Å²) in [6.45, 7) is 1.53. The standard InChI is InChI=1S/C14H13NO3/c16-12-6-9-3-4-15-8-11(10(9)7-13(12)17)14-2-1-5-18-14/h1-2,5-7,11,15H,3-4,8H2. The molecule has 1 unspecified atom stereocenters. The molecular formula is C14H13NO3. The van der Waals surface area contributed by atoms with Gasteiger partial charge in [-0.05, 0) is 48.4 Å². The van der Waals surface area contributed by atoms with Crippen LogP contribution >= 0.6 is 0 Å². The molecule has 0 aromatic carbocycles. The number of ketones is 2. The van der Waals surface area contributed by atoms with Gasteiger partial charge in [0.1, 0.15) is 5.76 Å². The number of carbonyl (C=O) groups excluding carboxylic acids is 2. The fourth-order valence-electron chi connectivity index (χ4n) is 2.48. The fraction of sp³-hybridized carbons (Fsp3) is 0.286. The van der Waals surface area contributed by atoms with Gasteiger partial charge in [0.2, 0.25) is 11.6 Å². The quantitative estimate of drug-likeness (QED) is 0.597. The van der Waals surface area contributed by atoms with Gasteiger partial charge in [-0.2, -0.15) is 0 Å². The van der Waals surface area contributed by atoms with E-state index in [0.29, 0.717) is 0 Å². The molecule has 0 radical (unpaired) electrons. The van der Waals surface area contributed by atoms with Crippen molar-refractivity contribution in [2.24, 2.45) is 0 Å². The summed E-state index contributed by atoms with van der Waals surface area (Å²) in [5.41, 5.74) is 1.87. The number of fused-ring (bicyclic) bond motifs is 1. The van der Waals surface area contributed by atoms with Crippen molar-refractivity contribution in [1.82, 2.24) is 5.32 Å². The number of hydrogen-bond acceptors (Lipinski definition) is 4. The largest absolute Gasteiger partial charge is 0.469 e. The molecule has 1 aliphatic heterocycles. The molecule has 4 heteroatoms. The smallest absolute Gasteiger partial charge is 0.226 e. The Kier molecular flexibility index (Phi) is 2.72. The molecule has 2 aliphatic rings. The van der Waals surface area contributed by atoms with Crippen molar-refractivity contribution in [1.29, 1.82) is 0 Å². The number of furan rings is 1. The highest BCUT2D eigenvalue weighted by atomic mass is 16.3. The van der Waals surface area contributed by atoms with Crippen molar-refractivity contribution in [3.8, 4) is 0 Å². The molecular weight excluding hydrogens is 230 g/mol. The zero-order valence-corrected chi connectivity index (χ0v) is 9.81. The molecule has 1 atom stereocenters. The topological polar surface area (TPSA) is 59.3 Å². The van der Waals surface area contributed by atoms with Gasteiger partial charge >= 0.3 is 0 Å². The summed E-state index contributed by atoms with van der Waals surface area (Å²) in [5.74, 6) is -0.0319. The number of hydrogen-bond donors (Lipinski definition) is 1. The Balaban J connectivity index is 2.05. The van der Waals surface area contributed by atoms with Crippen molar-refractivity contribution in [3.63, 3.8) is 0 Å². The van der Waals surface area contributed by atoms with E-state index in [1.807, 2.05) is 12.1 Å². The summed E-state index contributed by atoms with van der Waals surface area (Å²) in [6, 6.07) is 3.73. The van der Waals surface area contributed by atoms with Crippen LogP contribution in [-0.2, 0) is 9.59 Å². The van der Waals surface area contributed by atoms with Gasteiger partial charge in [-0.3, -0.25) is 9.59 Å². The zero-order valence-electron chi connectivity index (χ0n) is 9.81. The van der Waals surface area contributed by atoms with E-state index >= 15 is 0 Å². The van der Waals surface area contributed by atoms with Crippen LogP contribution in [0.15, 0.2) is 46.1 Å². The Morgan fingerprint density at radius 3 is 2.83 bits per heavy atom. The van der Waals surface area contributed by atoms with Gasteiger partial charge in [-0.1, -0.05) is 0 Å². The van der Waals surface area contributed by atoms with Crippen LogP contribution in [0.3, 0.4) is 0 Å². The normalized spacial score (nSPS) is 24.1. The fourth-order valence-corrected chi connectivity index (χ4v) is 2.48. The number of allylic oxidation sites excluding steroid dienone is 2. The lowest BCUT2D eigenvalue weighted by Gasteiger charge is -2.19.